The topological polar surface area (TPSA) is 67.2 Å². The van der Waals surface area contributed by atoms with Crippen molar-refractivity contribution in [3.63, 3.8) is 0 Å². The lowest BCUT2D eigenvalue weighted by atomic mass is 10.3. The molecule has 5 heteroatoms. The average molecular weight is 255 g/mol. The van der Waals surface area contributed by atoms with E-state index in [1.54, 1.807) is 24.3 Å². The smallest absolute Gasteiger partial charge is 0.122 e. The first kappa shape index (κ1) is 12.8. The Kier molecular flexibility index (Phi) is 4.67. The second kappa shape index (κ2) is 6.93. The van der Waals surface area contributed by atoms with E-state index in [4.69, 9.17) is 15.0 Å². The van der Waals surface area contributed by atoms with Gasteiger partial charge in [-0.25, -0.2) is 0 Å². The summed E-state index contributed by atoms with van der Waals surface area (Å²) in [5.74, 6) is 1.54. The average Bonchev–Trinajstić information content (AvgIpc) is 2.47. The molecule has 0 amide bonds. The molecule has 0 saturated carbocycles. The molecule has 2 rings (SSSR count). The minimum Gasteiger partial charge on any atom is -0.490 e. The Labute approximate surface area is 111 Å². The molecule has 0 aliphatic heterocycles. The number of hydrogen-bond donors (Lipinski definition) is 0. The fourth-order valence-corrected chi connectivity index (χ4v) is 1.50. The molecule has 0 aromatic heterocycles. The Morgan fingerprint density at radius 2 is 1.42 bits per heavy atom. The first-order valence-electron chi connectivity index (χ1n) is 5.84. The molecule has 0 atom stereocenters. The predicted octanol–water partition coefficient (Wildman–Crippen LogP) is 4.09. The van der Waals surface area contributed by atoms with Crippen LogP contribution in [0.1, 0.15) is 0 Å². The van der Waals surface area contributed by atoms with Gasteiger partial charge in [0.1, 0.15) is 24.7 Å². The highest BCUT2D eigenvalue weighted by Crippen LogP contribution is 2.18. The Bertz CT molecular complexity index is 549. The van der Waals surface area contributed by atoms with Gasteiger partial charge in [-0.3, -0.25) is 0 Å². The third-order valence-electron chi connectivity index (χ3n) is 2.36. The number of nitrogens with zero attached hydrogens (tertiary/aromatic N) is 3. The molecule has 0 N–H and O–H groups in total. The van der Waals surface area contributed by atoms with Crippen molar-refractivity contribution in [3.05, 3.63) is 65.0 Å². The maximum Gasteiger partial charge on any atom is 0.122 e. The largest absolute Gasteiger partial charge is 0.490 e. The van der Waals surface area contributed by atoms with Gasteiger partial charge in [-0.15, -0.1) is 0 Å². The van der Waals surface area contributed by atoms with Crippen LogP contribution >= 0.6 is 0 Å². The van der Waals surface area contributed by atoms with Gasteiger partial charge in [-0.05, 0) is 41.9 Å². The van der Waals surface area contributed by atoms with Crippen LogP contribution in [0.4, 0.5) is 5.69 Å². The van der Waals surface area contributed by atoms with Crippen LogP contribution in [0.5, 0.6) is 11.5 Å². The zero-order valence-electron chi connectivity index (χ0n) is 10.3. The van der Waals surface area contributed by atoms with E-state index in [1.807, 2.05) is 30.3 Å². The third kappa shape index (κ3) is 4.26. The number of ether oxygens (including phenoxy) is 2. The van der Waals surface area contributed by atoms with Crippen molar-refractivity contribution in [2.45, 2.75) is 0 Å². The number of azide groups is 1. The monoisotopic (exact) mass is 255 g/mol. The molecule has 19 heavy (non-hydrogen) atoms. The fourth-order valence-electron chi connectivity index (χ4n) is 1.50. The summed E-state index contributed by atoms with van der Waals surface area (Å²) in [6.07, 6.45) is 0. The molecule has 0 radical (unpaired) electrons. The van der Waals surface area contributed by atoms with E-state index in [-0.39, 0.29) is 0 Å². The van der Waals surface area contributed by atoms with Gasteiger partial charge >= 0.3 is 0 Å². The van der Waals surface area contributed by atoms with Crippen molar-refractivity contribution in [3.8, 4) is 11.5 Å². The third-order valence-corrected chi connectivity index (χ3v) is 2.36. The zero-order valence-corrected chi connectivity index (χ0v) is 10.3. The minimum absolute atomic E-state index is 0.454. The lowest BCUT2D eigenvalue weighted by molar-refractivity contribution is 0.217. The second-order valence-corrected chi connectivity index (χ2v) is 3.69. The summed E-state index contributed by atoms with van der Waals surface area (Å²) in [7, 11) is 0. The maximum atomic E-state index is 8.28. The molecule has 0 heterocycles. The summed E-state index contributed by atoms with van der Waals surface area (Å²) < 4.78 is 11.0. The summed E-state index contributed by atoms with van der Waals surface area (Å²) in [5.41, 5.74) is 8.85. The van der Waals surface area contributed by atoms with Crippen LogP contribution in [-0.2, 0) is 0 Å². The Hall–Kier alpha value is -2.65. The summed E-state index contributed by atoms with van der Waals surface area (Å²) in [5, 5.41) is 3.48. The SMILES string of the molecule is [N-]=[N+]=Nc1ccc(OCCOc2ccccc2)cc1. The molecule has 0 bridgehead atoms. The summed E-state index contributed by atoms with van der Waals surface area (Å²) in [6, 6.07) is 16.5. The molecule has 0 unspecified atom stereocenters. The van der Waals surface area contributed by atoms with Crippen molar-refractivity contribution >= 4 is 5.69 Å². The molecule has 0 spiro atoms. The van der Waals surface area contributed by atoms with Crippen LogP contribution < -0.4 is 9.47 Å². The van der Waals surface area contributed by atoms with Gasteiger partial charge in [-0.2, -0.15) is 0 Å². The molecule has 2 aromatic rings. The minimum atomic E-state index is 0.454. The number of hydrogen-bond acceptors (Lipinski definition) is 3. The number of benzene rings is 2. The van der Waals surface area contributed by atoms with E-state index in [2.05, 4.69) is 10.0 Å². The van der Waals surface area contributed by atoms with Crippen LogP contribution in [0.3, 0.4) is 0 Å². The first-order valence-corrected chi connectivity index (χ1v) is 5.84. The Balaban J connectivity index is 1.75. The molecule has 0 fully saturated rings. The van der Waals surface area contributed by atoms with Gasteiger partial charge in [0.2, 0.25) is 0 Å². The van der Waals surface area contributed by atoms with E-state index in [9.17, 15) is 0 Å². The lowest BCUT2D eigenvalue weighted by Crippen LogP contribution is -2.08. The molecule has 2 aromatic carbocycles. The van der Waals surface area contributed by atoms with E-state index >= 15 is 0 Å². The summed E-state index contributed by atoms with van der Waals surface area (Å²) >= 11 is 0. The van der Waals surface area contributed by atoms with Gasteiger partial charge in [0.25, 0.3) is 0 Å². The maximum absolute atomic E-state index is 8.28. The number of para-hydroxylation sites is 1. The van der Waals surface area contributed by atoms with E-state index < -0.39 is 0 Å². The predicted molar refractivity (Wildman–Crippen MR) is 72.7 cm³/mol. The van der Waals surface area contributed by atoms with Gasteiger partial charge in [-0.1, -0.05) is 23.3 Å². The van der Waals surface area contributed by atoms with Crippen LogP contribution in [-0.4, -0.2) is 13.2 Å². The van der Waals surface area contributed by atoms with Crippen molar-refractivity contribution in [1.82, 2.24) is 0 Å². The summed E-state index contributed by atoms with van der Waals surface area (Å²) in [4.78, 5) is 2.71. The van der Waals surface area contributed by atoms with Gasteiger partial charge in [0.05, 0.1) is 0 Å². The van der Waals surface area contributed by atoms with Crippen LogP contribution in [0.15, 0.2) is 59.7 Å². The Morgan fingerprint density at radius 3 is 2.00 bits per heavy atom. The van der Waals surface area contributed by atoms with E-state index in [1.165, 1.54) is 0 Å². The second-order valence-electron chi connectivity index (χ2n) is 3.69. The van der Waals surface area contributed by atoms with Crippen LogP contribution in [0.2, 0.25) is 0 Å². The zero-order chi connectivity index (χ0) is 13.3. The van der Waals surface area contributed by atoms with Gasteiger partial charge in [0.15, 0.2) is 0 Å². The molecule has 0 aliphatic carbocycles. The first-order chi connectivity index (χ1) is 9.38. The summed E-state index contributed by atoms with van der Waals surface area (Å²) in [6.45, 7) is 0.928. The van der Waals surface area contributed by atoms with Gasteiger partial charge < -0.3 is 9.47 Å². The molecular formula is C14H13N3O2. The van der Waals surface area contributed by atoms with Crippen molar-refractivity contribution < 1.29 is 9.47 Å². The van der Waals surface area contributed by atoms with Crippen molar-refractivity contribution in [1.29, 1.82) is 0 Å². The lowest BCUT2D eigenvalue weighted by Gasteiger charge is -2.08. The van der Waals surface area contributed by atoms with Crippen molar-refractivity contribution in [2.75, 3.05) is 13.2 Å². The number of rotatable bonds is 6. The molecule has 5 nitrogen and oxygen atoms in total. The highest BCUT2D eigenvalue weighted by atomic mass is 16.5. The molecule has 0 aliphatic rings. The fraction of sp³-hybridized carbons (Fsp3) is 0.143. The molecule has 96 valence electrons. The normalized spacial score (nSPS) is 9.47. The quantitative estimate of drug-likeness (QED) is 0.337. The standard InChI is InChI=1S/C14H13N3O2/c15-17-16-12-6-8-14(9-7-12)19-11-10-18-13-4-2-1-3-5-13/h1-9H,10-11H2. The highest BCUT2D eigenvalue weighted by Gasteiger charge is 1.95. The van der Waals surface area contributed by atoms with Crippen LogP contribution in [0, 0.1) is 0 Å². The van der Waals surface area contributed by atoms with Crippen LogP contribution in [0.25, 0.3) is 10.4 Å². The van der Waals surface area contributed by atoms with E-state index in [0.717, 1.165) is 5.75 Å². The Morgan fingerprint density at radius 1 is 0.842 bits per heavy atom. The highest BCUT2D eigenvalue weighted by molar-refractivity contribution is 5.40. The van der Waals surface area contributed by atoms with E-state index in [0.29, 0.717) is 24.7 Å². The molecular weight excluding hydrogens is 242 g/mol. The van der Waals surface area contributed by atoms with Crippen molar-refractivity contribution in [2.24, 2.45) is 5.11 Å². The molecule has 0 saturated heterocycles. The van der Waals surface area contributed by atoms with Gasteiger partial charge in [0, 0.05) is 10.6 Å².